The smallest absolute Gasteiger partial charge is 0.416 e. The van der Waals surface area contributed by atoms with Crippen LogP contribution in [0.1, 0.15) is 40.9 Å². The first-order chi connectivity index (χ1) is 16.1. The predicted molar refractivity (Wildman–Crippen MR) is 122 cm³/mol. The van der Waals surface area contributed by atoms with Crippen molar-refractivity contribution in [2.24, 2.45) is 0 Å². The Labute approximate surface area is 193 Å². The highest BCUT2D eigenvalue weighted by atomic mass is 19.4. The molecule has 1 saturated heterocycles. The van der Waals surface area contributed by atoms with Gasteiger partial charge in [0, 0.05) is 19.2 Å². The fraction of sp³-hybridized carbons (Fsp3) is 0.292. The molecule has 2 N–H and O–H groups in total. The van der Waals surface area contributed by atoms with E-state index >= 15 is 0 Å². The molecule has 2 aromatic carbocycles. The van der Waals surface area contributed by atoms with E-state index in [1.165, 1.54) is 6.07 Å². The number of nitrogens with zero attached hydrogens (tertiary/aromatic N) is 3. The van der Waals surface area contributed by atoms with Gasteiger partial charge in [-0.15, -0.1) is 0 Å². The summed E-state index contributed by atoms with van der Waals surface area (Å²) in [4.78, 5) is 27.3. The van der Waals surface area contributed by atoms with Crippen molar-refractivity contribution in [3.05, 3.63) is 75.7 Å². The Bertz CT molecular complexity index is 1280. The average molecular weight is 472 g/mol. The molecule has 10 heteroatoms. The molecule has 34 heavy (non-hydrogen) atoms. The van der Waals surface area contributed by atoms with Crippen molar-refractivity contribution in [1.29, 1.82) is 0 Å². The molecular formula is C24H23F3N4O3. The summed E-state index contributed by atoms with van der Waals surface area (Å²) < 4.78 is 41.1. The molecule has 1 aliphatic rings. The van der Waals surface area contributed by atoms with E-state index in [-0.39, 0.29) is 5.69 Å². The number of amides is 1. The lowest BCUT2D eigenvalue weighted by atomic mass is 10.1. The summed E-state index contributed by atoms with van der Waals surface area (Å²) in [6, 6.07) is 10.8. The number of carbonyl (C=O) groups is 1. The van der Waals surface area contributed by atoms with Crippen LogP contribution in [0, 0.1) is 6.92 Å². The van der Waals surface area contributed by atoms with Crippen molar-refractivity contribution >= 4 is 17.3 Å². The number of aryl methyl sites for hydroxylation is 1. The standard InChI is InChI=1S/C24H23F3N4O3/c1-15-6-5-7-17(12-15)31-21(33)14-20(32)22(29-31)23(34)28-18-13-16(24(25,26)27)8-9-19(18)30-10-3-2-4-11-30/h5-9,12-14,32H,2-4,10-11H2,1H3,(H,28,34). The van der Waals surface area contributed by atoms with E-state index in [1.807, 2.05) is 17.9 Å². The molecule has 1 amide bonds. The minimum absolute atomic E-state index is 0.0452. The maximum Gasteiger partial charge on any atom is 0.416 e. The SMILES string of the molecule is Cc1cccc(-n2nc(C(=O)Nc3cc(C(F)(F)F)ccc3N3CCCCC3)c(O)cc2=O)c1. The van der Waals surface area contributed by atoms with Crippen molar-refractivity contribution in [2.45, 2.75) is 32.4 Å². The molecule has 0 bridgehead atoms. The Morgan fingerprint density at radius 2 is 1.79 bits per heavy atom. The van der Waals surface area contributed by atoms with Gasteiger partial charge in [-0.3, -0.25) is 9.59 Å². The molecule has 2 heterocycles. The third-order valence-corrected chi connectivity index (χ3v) is 5.64. The lowest BCUT2D eigenvalue weighted by Gasteiger charge is -2.31. The number of hydrogen-bond donors (Lipinski definition) is 2. The third kappa shape index (κ3) is 4.90. The number of alkyl halides is 3. The van der Waals surface area contributed by atoms with Crippen molar-refractivity contribution in [3.8, 4) is 11.4 Å². The molecule has 0 saturated carbocycles. The Kier molecular flexibility index (Phi) is 6.32. The van der Waals surface area contributed by atoms with Crippen LogP contribution in [0.5, 0.6) is 5.75 Å². The zero-order valence-electron chi connectivity index (χ0n) is 18.4. The zero-order valence-corrected chi connectivity index (χ0v) is 18.4. The number of halogens is 3. The topological polar surface area (TPSA) is 87.5 Å². The summed E-state index contributed by atoms with van der Waals surface area (Å²) in [5, 5.41) is 16.7. The number of piperidine rings is 1. The highest BCUT2D eigenvalue weighted by Crippen LogP contribution is 2.36. The molecular weight excluding hydrogens is 449 g/mol. The van der Waals surface area contributed by atoms with Crippen LogP contribution in [-0.4, -0.2) is 33.9 Å². The number of aromatic hydroxyl groups is 1. The number of nitrogens with one attached hydrogen (secondary N) is 1. The van der Waals surface area contributed by atoms with E-state index in [0.29, 0.717) is 24.5 Å². The largest absolute Gasteiger partial charge is 0.505 e. The fourth-order valence-corrected chi connectivity index (χ4v) is 3.96. The lowest BCUT2D eigenvalue weighted by molar-refractivity contribution is -0.137. The molecule has 7 nitrogen and oxygen atoms in total. The quantitative estimate of drug-likeness (QED) is 0.584. The van der Waals surface area contributed by atoms with Crippen LogP contribution in [0.2, 0.25) is 0 Å². The Morgan fingerprint density at radius 1 is 1.06 bits per heavy atom. The second kappa shape index (κ2) is 9.20. The van der Waals surface area contributed by atoms with Gasteiger partial charge in [-0.05, 0) is 62.1 Å². The van der Waals surface area contributed by atoms with Gasteiger partial charge in [-0.2, -0.15) is 23.0 Å². The van der Waals surface area contributed by atoms with Crippen LogP contribution in [0.15, 0.2) is 53.3 Å². The van der Waals surface area contributed by atoms with Crippen LogP contribution in [0.3, 0.4) is 0 Å². The summed E-state index contributed by atoms with van der Waals surface area (Å²) in [6.45, 7) is 3.12. The molecule has 0 aliphatic carbocycles. The lowest BCUT2D eigenvalue weighted by Crippen LogP contribution is -2.31. The molecule has 1 aromatic heterocycles. The van der Waals surface area contributed by atoms with E-state index in [9.17, 15) is 27.9 Å². The van der Waals surface area contributed by atoms with E-state index in [0.717, 1.165) is 47.7 Å². The van der Waals surface area contributed by atoms with Gasteiger partial charge < -0.3 is 15.3 Å². The van der Waals surface area contributed by atoms with E-state index in [4.69, 9.17) is 0 Å². The monoisotopic (exact) mass is 472 g/mol. The molecule has 0 atom stereocenters. The first kappa shape index (κ1) is 23.3. The van der Waals surface area contributed by atoms with Gasteiger partial charge in [0.15, 0.2) is 11.4 Å². The highest BCUT2D eigenvalue weighted by molar-refractivity contribution is 6.06. The summed E-state index contributed by atoms with van der Waals surface area (Å²) in [6.07, 6.45) is -1.80. The van der Waals surface area contributed by atoms with Gasteiger partial charge >= 0.3 is 6.18 Å². The number of benzene rings is 2. The summed E-state index contributed by atoms with van der Waals surface area (Å²) in [7, 11) is 0. The molecule has 4 rings (SSSR count). The number of hydrogen-bond acceptors (Lipinski definition) is 5. The minimum atomic E-state index is -4.60. The van der Waals surface area contributed by atoms with Gasteiger partial charge in [0.25, 0.3) is 11.5 Å². The first-order valence-corrected chi connectivity index (χ1v) is 10.8. The molecule has 1 aliphatic heterocycles. The van der Waals surface area contributed by atoms with E-state index in [1.54, 1.807) is 18.2 Å². The fourth-order valence-electron chi connectivity index (χ4n) is 3.96. The van der Waals surface area contributed by atoms with Gasteiger partial charge in [0.05, 0.1) is 22.6 Å². The van der Waals surface area contributed by atoms with Gasteiger partial charge in [-0.25, -0.2) is 0 Å². The van der Waals surface area contributed by atoms with Gasteiger partial charge in [0.2, 0.25) is 0 Å². The molecule has 1 fully saturated rings. The van der Waals surface area contributed by atoms with Crippen LogP contribution in [0.4, 0.5) is 24.5 Å². The van der Waals surface area contributed by atoms with Crippen LogP contribution < -0.4 is 15.8 Å². The number of aromatic nitrogens is 2. The Balaban J connectivity index is 1.73. The van der Waals surface area contributed by atoms with Crippen molar-refractivity contribution < 1.29 is 23.1 Å². The van der Waals surface area contributed by atoms with E-state index < -0.39 is 34.6 Å². The van der Waals surface area contributed by atoms with Gasteiger partial charge in [-0.1, -0.05) is 12.1 Å². The maximum absolute atomic E-state index is 13.4. The third-order valence-electron chi connectivity index (χ3n) is 5.64. The summed E-state index contributed by atoms with van der Waals surface area (Å²) >= 11 is 0. The Hall–Kier alpha value is -3.82. The maximum atomic E-state index is 13.4. The van der Waals surface area contributed by atoms with Crippen molar-refractivity contribution in [3.63, 3.8) is 0 Å². The number of rotatable bonds is 4. The molecule has 178 valence electrons. The predicted octanol–water partition coefficient (Wildman–Crippen LogP) is 4.51. The number of carbonyl (C=O) groups excluding carboxylic acids is 1. The molecule has 0 unspecified atom stereocenters. The highest BCUT2D eigenvalue weighted by Gasteiger charge is 2.32. The molecule has 0 spiro atoms. The van der Waals surface area contributed by atoms with Crippen molar-refractivity contribution in [1.82, 2.24) is 9.78 Å². The van der Waals surface area contributed by atoms with Crippen LogP contribution in [-0.2, 0) is 6.18 Å². The van der Waals surface area contributed by atoms with E-state index in [2.05, 4.69) is 10.4 Å². The van der Waals surface area contributed by atoms with Crippen LogP contribution in [0.25, 0.3) is 5.69 Å². The molecule has 0 radical (unpaired) electrons. The van der Waals surface area contributed by atoms with Gasteiger partial charge in [0.1, 0.15) is 0 Å². The number of anilines is 2. The second-order valence-electron chi connectivity index (χ2n) is 8.20. The normalized spacial score (nSPS) is 14.2. The first-order valence-electron chi connectivity index (χ1n) is 10.8. The minimum Gasteiger partial charge on any atom is -0.505 e. The average Bonchev–Trinajstić information content (AvgIpc) is 2.79. The zero-order chi connectivity index (χ0) is 24.5. The summed E-state index contributed by atoms with van der Waals surface area (Å²) in [5.41, 5.74) is -0.419. The molecule has 3 aromatic rings. The summed E-state index contributed by atoms with van der Waals surface area (Å²) in [5.74, 6) is -1.60. The second-order valence-corrected chi connectivity index (χ2v) is 8.20. The Morgan fingerprint density at radius 3 is 2.47 bits per heavy atom. The van der Waals surface area contributed by atoms with Crippen LogP contribution >= 0.6 is 0 Å². The van der Waals surface area contributed by atoms with Crippen molar-refractivity contribution in [2.75, 3.05) is 23.3 Å².